The van der Waals surface area contributed by atoms with E-state index < -0.39 is 0 Å². The Morgan fingerprint density at radius 3 is 2.23 bits per heavy atom. The molecule has 2 aromatic carbocycles. The molecule has 0 aliphatic rings. The third-order valence-corrected chi connectivity index (χ3v) is 5.51. The second kappa shape index (κ2) is 7.84. The molecule has 4 heteroatoms. The Morgan fingerprint density at radius 2 is 1.53 bits per heavy atom. The molecule has 5 rings (SSSR count). The number of hydrogen-bond donors (Lipinski definition) is 1. The standard InChI is InChI=1S/C26H22N4/c1-19(30(22-6-4-13-27-17-22)23-7-5-14-28-18-23)24-8-2-3-9-25(24)20-10-11-26-21(16-20)12-15-29-26/h2-19,29H,1H3. The molecule has 146 valence electrons. The van der Waals surface area contributed by atoms with E-state index in [1.54, 1.807) is 12.4 Å². The van der Waals surface area contributed by atoms with Crippen LogP contribution in [0.15, 0.2) is 104 Å². The molecule has 1 N–H and O–H groups in total. The van der Waals surface area contributed by atoms with Crippen LogP contribution < -0.4 is 4.90 Å². The van der Waals surface area contributed by atoms with Crippen LogP contribution in [0.2, 0.25) is 0 Å². The number of nitrogens with zero attached hydrogens (tertiary/aromatic N) is 3. The number of aromatic nitrogens is 3. The first-order chi connectivity index (χ1) is 14.8. The predicted molar refractivity (Wildman–Crippen MR) is 123 cm³/mol. The van der Waals surface area contributed by atoms with Crippen molar-refractivity contribution in [3.63, 3.8) is 0 Å². The molecular weight excluding hydrogens is 368 g/mol. The number of benzene rings is 2. The number of nitrogens with one attached hydrogen (secondary N) is 1. The summed E-state index contributed by atoms with van der Waals surface area (Å²) in [6, 6.07) is 25.5. The van der Waals surface area contributed by atoms with Crippen LogP contribution in [-0.2, 0) is 0 Å². The van der Waals surface area contributed by atoms with E-state index in [1.165, 1.54) is 22.1 Å². The van der Waals surface area contributed by atoms with Gasteiger partial charge in [0.15, 0.2) is 0 Å². The highest BCUT2D eigenvalue weighted by molar-refractivity contribution is 5.86. The molecule has 5 aromatic rings. The molecule has 0 aliphatic carbocycles. The largest absolute Gasteiger partial charge is 0.361 e. The second-order valence-corrected chi connectivity index (χ2v) is 7.34. The van der Waals surface area contributed by atoms with Gasteiger partial charge in [0, 0.05) is 24.1 Å². The summed E-state index contributed by atoms with van der Waals surface area (Å²) in [5, 5.41) is 1.21. The molecule has 0 saturated carbocycles. The lowest BCUT2D eigenvalue weighted by atomic mass is 9.93. The number of hydrogen-bond acceptors (Lipinski definition) is 3. The van der Waals surface area contributed by atoms with Gasteiger partial charge in [-0.25, -0.2) is 0 Å². The maximum atomic E-state index is 4.35. The summed E-state index contributed by atoms with van der Waals surface area (Å²) in [6.07, 6.45) is 9.39. The molecule has 3 heterocycles. The van der Waals surface area contributed by atoms with Gasteiger partial charge >= 0.3 is 0 Å². The first-order valence-corrected chi connectivity index (χ1v) is 10.1. The van der Waals surface area contributed by atoms with Crippen molar-refractivity contribution in [2.24, 2.45) is 0 Å². The minimum Gasteiger partial charge on any atom is -0.361 e. The lowest BCUT2D eigenvalue weighted by Crippen LogP contribution is -2.22. The molecule has 0 fully saturated rings. The Labute approximate surface area is 175 Å². The van der Waals surface area contributed by atoms with E-state index in [0.717, 1.165) is 16.9 Å². The van der Waals surface area contributed by atoms with Crippen LogP contribution in [0, 0.1) is 0 Å². The molecule has 1 unspecified atom stereocenters. The fourth-order valence-electron chi connectivity index (χ4n) is 4.07. The van der Waals surface area contributed by atoms with Gasteiger partial charge in [0.2, 0.25) is 0 Å². The summed E-state index contributed by atoms with van der Waals surface area (Å²) in [5.41, 5.74) is 6.91. The third-order valence-electron chi connectivity index (χ3n) is 5.51. The SMILES string of the molecule is CC(c1ccccc1-c1ccc2[nH]ccc2c1)N(c1cccnc1)c1cccnc1. The lowest BCUT2D eigenvalue weighted by molar-refractivity contribution is 0.772. The quantitative estimate of drug-likeness (QED) is 0.371. The van der Waals surface area contributed by atoms with E-state index in [0.29, 0.717) is 0 Å². The van der Waals surface area contributed by atoms with Gasteiger partial charge in [-0.05, 0) is 71.5 Å². The lowest BCUT2D eigenvalue weighted by Gasteiger charge is -2.32. The summed E-state index contributed by atoms with van der Waals surface area (Å²) in [6.45, 7) is 2.23. The number of H-pyrrole nitrogens is 1. The monoisotopic (exact) mass is 390 g/mol. The third kappa shape index (κ3) is 3.33. The molecule has 0 amide bonds. The number of pyridine rings is 2. The fourth-order valence-corrected chi connectivity index (χ4v) is 4.07. The van der Waals surface area contributed by atoms with Crippen LogP contribution in [0.5, 0.6) is 0 Å². The van der Waals surface area contributed by atoms with Crippen LogP contribution in [0.25, 0.3) is 22.0 Å². The zero-order valence-corrected chi connectivity index (χ0v) is 16.7. The highest BCUT2D eigenvalue weighted by atomic mass is 15.2. The van der Waals surface area contributed by atoms with Gasteiger partial charge in [-0.1, -0.05) is 30.3 Å². The number of anilines is 2. The van der Waals surface area contributed by atoms with Gasteiger partial charge in [-0.15, -0.1) is 0 Å². The van der Waals surface area contributed by atoms with Crippen molar-refractivity contribution < 1.29 is 0 Å². The van der Waals surface area contributed by atoms with E-state index in [1.807, 2.05) is 30.7 Å². The molecule has 0 radical (unpaired) electrons. The fraction of sp³-hybridized carbons (Fsp3) is 0.0769. The molecule has 0 bridgehead atoms. The zero-order valence-electron chi connectivity index (χ0n) is 16.7. The maximum absolute atomic E-state index is 4.35. The normalized spacial score (nSPS) is 12.0. The molecule has 4 nitrogen and oxygen atoms in total. The Balaban J connectivity index is 1.63. The summed E-state index contributed by atoms with van der Waals surface area (Å²) in [5.74, 6) is 0. The van der Waals surface area contributed by atoms with Crippen LogP contribution in [0.3, 0.4) is 0 Å². The van der Waals surface area contributed by atoms with Crippen molar-refractivity contribution in [3.05, 3.63) is 109 Å². The van der Waals surface area contributed by atoms with Gasteiger partial charge in [0.1, 0.15) is 0 Å². The Hall–Kier alpha value is -3.92. The highest BCUT2D eigenvalue weighted by Gasteiger charge is 2.21. The predicted octanol–water partition coefficient (Wildman–Crippen LogP) is 6.52. The highest BCUT2D eigenvalue weighted by Crippen LogP contribution is 2.38. The van der Waals surface area contributed by atoms with Crippen molar-refractivity contribution >= 4 is 22.3 Å². The minimum absolute atomic E-state index is 0.0801. The van der Waals surface area contributed by atoms with E-state index in [4.69, 9.17) is 0 Å². The summed E-state index contributed by atoms with van der Waals surface area (Å²) in [4.78, 5) is 14.3. The Morgan fingerprint density at radius 1 is 0.800 bits per heavy atom. The van der Waals surface area contributed by atoms with Crippen LogP contribution in [0.4, 0.5) is 11.4 Å². The molecule has 30 heavy (non-hydrogen) atoms. The van der Waals surface area contributed by atoms with Crippen LogP contribution >= 0.6 is 0 Å². The summed E-state index contributed by atoms with van der Waals surface area (Å²) in [7, 11) is 0. The van der Waals surface area contributed by atoms with Gasteiger partial charge < -0.3 is 9.88 Å². The number of aromatic amines is 1. The minimum atomic E-state index is 0.0801. The molecule has 0 spiro atoms. The zero-order chi connectivity index (χ0) is 20.3. The smallest absolute Gasteiger partial charge is 0.0603 e. The average Bonchev–Trinajstić information content (AvgIpc) is 3.29. The average molecular weight is 390 g/mol. The molecule has 1 atom stereocenters. The molecule has 0 aliphatic heterocycles. The topological polar surface area (TPSA) is 44.8 Å². The van der Waals surface area contributed by atoms with E-state index >= 15 is 0 Å². The van der Waals surface area contributed by atoms with Crippen molar-refractivity contribution in [2.75, 3.05) is 4.90 Å². The van der Waals surface area contributed by atoms with Gasteiger partial charge in [0.25, 0.3) is 0 Å². The van der Waals surface area contributed by atoms with E-state index in [9.17, 15) is 0 Å². The summed E-state index contributed by atoms with van der Waals surface area (Å²) < 4.78 is 0. The molecular formula is C26H22N4. The number of fused-ring (bicyclic) bond motifs is 1. The first kappa shape index (κ1) is 18.1. The van der Waals surface area contributed by atoms with Gasteiger partial charge in [-0.2, -0.15) is 0 Å². The Bertz CT molecular complexity index is 1220. The van der Waals surface area contributed by atoms with Gasteiger partial charge in [0.05, 0.1) is 29.8 Å². The first-order valence-electron chi connectivity index (χ1n) is 10.1. The van der Waals surface area contributed by atoms with Crippen molar-refractivity contribution in [1.29, 1.82) is 0 Å². The van der Waals surface area contributed by atoms with Crippen LogP contribution in [0.1, 0.15) is 18.5 Å². The molecule has 0 saturated heterocycles. The van der Waals surface area contributed by atoms with Crippen molar-refractivity contribution in [1.82, 2.24) is 15.0 Å². The Kier molecular flexibility index (Phi) is 4.74. The van der Waals surface area contributed by atoms with Crippen LogP contribution in [-0.4, -0.2) is 15.0 Å². The van der Waals surface area contributed by atoms with Crippen molar-refractivity contribution in [2.45, 2.75) is 13.0 Å². The van der Waals surface area contributed by atoms with E-state index in [2.05, 4.69) is 87.4 Å². The maximum Gasteiger partial charge on any atom is 0.0603 e. The second-order valence-electron chi connectivity index (χ2n) is 7.34. The molecule has 3 aromatic heterocycles. The van der Waals surface area contributed by atoms with Crippen molar-refractivity contribution in [3.8, 4) is 11.1 Å². The van der Waals surface area contributed by atoms with Gasteiger partial charge in [-0.3, -0.25) is 9.97 Å². The van der Waals surface area contributed by atoms with E-state index in [-0.39, 0.29) is 6.04 Å². The summed E-state index contributed by atoms with van der Waals surface area (Å²) >= 11 is 0. The number of rotatable bonds is 5.